The van der Waals surface area contributed by atoms with Gasteiger partial charge in [-0.3, -0.25) is 25.0 Å². The molecule has 0 unspecified atom stereocenters. The molecule has 0 aliphatic carbocycles. The van der Waals surface area contributed by atoms with Crippen LogP contribution in [0.1, 0.15) is 10.4 Å². The summed E-state index contributed by atoms with van der Waals surface area (Å²) in [5.74, 6) is -1.38. The number of benzene rings is 2. The van der Waals surface area contributed by atoms with Gasteiger partial charge in [0.05, 0.1) is 9.85 Å². The number of hydrogen-bond donors (Lipinski definition) is 1. The van der Waals surface area contributed by atoms with E-state index in [1.54, 1.807) is 0 Å². The van der Waals surface area contributed by atoms with Crippen molar-refractivity contribution in [3.63, 3.8) is 0 Å². The molecule has 9 nitrogen and oxygen atoms in total. The van der Waals surface area contributed by atoms with E-state index in [0.717, 1.165) is 24.3 Å². The van der Waals surface area contributed by atoms with Crippen molar-refractivity contribution >= 4 is 23.0 Å². The number of carbonyl (C=O) groups is 1. The number of nitrogens with zero attached hydrogens (tertiary/aromatic N) is 2. The van der Waals surface area contributed by atoms with Crippen molar-refractivity contribution in [2.75, 3.05) is 5.32 Å². The lowest BCUT2D eigenvalue weighted by Gasteiger charge is -2.13. The Kier molecular flexibility index (Phi) is 3.98. The van der Waals surface area contributed by atoms with Crippen LogP contribution in [0.25, 0.3) is 0 Å². The maximum atomic E-state index is 12.0. The first-order valence-corrected chi connectivity index (χ1v) is 5.90. The minimum atomic E-state index is -0.777. The van der Waals surface area contributed by atoms with Crippen molar-refractivity contribution in [2.24, 2.45) is 0 Å². The third-order valence-corrected chi connectivity index (χ3v) is 2.74. The number of carbonyl (C=O) groups excluding carboxylic acids is 1. The van der Waals surface area contributed by atoms with Gasteiger partial charge in [-0.05, 0) is 6.07 Å². The SMILES string of the molecule is O=C(Nc1cc([N+](=O)[O-])ccc1[O-])c1cccc([N+](=O)[O-])c1. The Bertz CT molecular complexity index is 774. The smallest absolute Gasteiger partial charge is 0.271 e. The number of nitro benzene ring substituents is 2. The van der Waals surface area contributed by atoms with E-state index in [1.165, 1.54) is 18.2 Å². The molecule has 1 N–H and O–H groups in total. The van der Waals surface area contributed by atoms with Gasteiger partial charge < -0.3 is 10.4 Å². The van der Waals surface area contributed by atoms with Crippen LogP contribution < -0.4 is 10.4 Å². The summed E-state index contributed by atoms with van der Waals surface area (Å²) in [4.78, 5) is 31.9. The first kappa shape index (κ1) is 14.9. The van der Waals surface area contributed by atoms with Crippen LogP contribution in [0.5, 0.6) is 5.75 Å². The largest absolute Gasteiger partial charge is 0.871 e. The predicted octanol–water partition coefficient (Wildman–Crippen LogP) is 1.83. The van der Waals surface area contributed by atoms with Gasteiger partial charge in [-0.15, -0.1) is 0 Å². The highest BCUT2D eigenvalue weighted by molar-refractivity contribution is 6.05. The second-order valence-corrected chi connectivity index (χ2v) is 4.20. The van der Waals surface area contributed by atoms with Gasteiger partial charge in [0, 0.05) is 35.5 Å². The monoisotopic (exact) mass is 302 g/mol. The Morgan fingerprint density at radius 2 is 1.59 bits per heavy atom. The van der Waals surface area contributed by atoms with Crippen molar-refractivity contribution in [3.05, 3.63) is 68.3 Å². The molecule has 0 heterocycles. The zero-order valence-corrected chi connectivity index (χ0v) is 10.9. The Labute approximate surface area is 123 Å². The summed E-state index contributed by atoms with van der Waals surface area (Å²) in [6.07, 6.45) is 0. The number of rotatable bonds is 4. The molecular weight excluding hydrogens is 294 g/mol. The molecule has 0 aliphatic rings. The maximum absolute atomic E-state index is 12.0. The second kappa shape index (κ2) is 5.87. The zero-order valence-electron chi connectivity index (χ0n) is 10.9. The molecule has 0 spiro atoms. The Balaban J connectivity index is 2.29. The van der Waals surface area contributed by atoms with Gasteiger partial charge in [0.2, 0.25) is 0 Å². The molecule has 0 bridgehead atoms. The van der Waals surface area contributed by atoms with Gasteiger partial charge in [0.25, 0.3) is 17.3 Å². The summed E-state index contributed by atoms with van der Waals surface area (Å²) in [6.45, 7) is 0. The van der Waals surface area contributed by atoms with Crippen molar-refractivity contribution in [1.29, 1.82) is 0 Å². The Morgan fingerprint density at radius 3 is 2.23 bits per heavy atom. The molecular formula is C13H8N3O6-. The van der Waals surface area contributed by atoms with Crippen LogP contribution in [0.15, 0.2) is 42.5 Å². The van der Waals surface area contributed by atoms with E-state index in [2.05, 4.69) is 5.32 Å². The van der Waals surface area contributed by atoms with E-state index in [-0.39, 0.29) is 22.6 Å². The van der Waals surface area contributed by atoms with Gasteiger partial charge in [0.15, 0.2) is 0 Å². The molecule has 0 aromatic heterocycles. The summed E-state index contributed by atoms with van der Waals surface area (Å²) >= 11 is 0. The quantitative estimate of drug-likeness (QED) is 0.675. The van der Waals surface area contributed by atoms with Gasteiger partial charge in [-0.2, -0.15) is 0 Å². The van der Waals surface area contributed by atoms with Crippen molar-refractivity contribution < 1.29 is 19.7 Å². The van der Waals surface area contributed by atoms with Gasteiger partial charge in [0.1, 0.15) is 0 Å². The lowest BCUT2D eigenvalue weighted by molar-refractivity contribution is -0.385. The van der Waals surface area contributed by atoms with E-state index in [4.69, 9.17) is 0 Å². The summed E-state index contributed by atoms with van der Waals surface area (Å²) in [7, 11) is 0. The van der Waals surface area contributed by atoms with Crippen molar-refractivity contribution in [1.82, 2.24) is 0 Å². The molecule has 2 aromatic rings. The van der Waals surface area contributed by atoms with Crippen molar-refractivity contribution in [3.8, 4) is 5.75 Å². The Morgan fingerprint density at radius 1 is 0.955 bits per heavy atom. The highest BCUT2D eigenvalue weighted by Crippen LogP contribution is 2.26. The highest BCUT2D eigenvalue weighted by Gasteiger charge is 2.13. The molecule has 0 fully saturated rings. The number of hydrogen-bond acceptors (Lipinski definition) is 6. The average Bonchev–Trinajstić information content (AvgIpc) is 2.49. The standard InChI is InChI=1S/C13H9N3O6/c17-12-5-4-10(16(21)22)7-11(12)14-13(18)8-2-1-3-9(6-8)15(19)20/h1-7,17H,(H,14,18)/p-1. The molecule has 22 heavy (non-hydrogen) atoms. The number of anilines is 1. The maximum Gasteiger partial charge on any atom is 0.271 e. The van der Waals surface area contributed by atoms with E-state index in [0.29, 0.717) is 0 Å². The molecule has 0 atom stereocenters. The molecule has 112 valence electrons. The lowest BCUT2D eigenvalue weighted by atomic mass is 10.2. The third-order valence-electron chi connectivity index (χ3n) is 2.74. The summed E-state index contributed by atoms with van der Waals surface area (Å²) < 4.78 is 0. The highest BCUT2D eigenvalue weighted by atomic mass is 16.6. The molecule has 9 heteroatoms. The minimum Gasteiger partial charge on any atom is -0.871 e. The fraction of sp³-hybridized carbons (Fsp3) is 0. The van der Waals surface area contributed by atoms with Crippen LogP contribution in [0.4, 0.5) is 17.1 Å². The van der Waals surface area contributed by atoms with Crippen LogP contribution >= 0.6 is 0 Å². The number of amides is 1. The van der Waals surface area contributed by atoms with Crippen molar-refractivity contribution in [2.45, 2.75) is 0 Å². The fourth-order valence-electron chi connectivity index (χ4n) is 1.68. The van der Waals surface area contributed by atoms with E-state index in [1.807, 2.05) is 0 Å². The zero-order chi connectivity index (χ0) is 16.3. The minimum absolute atomic E-state index is 0.0416. The molecule has 0 aliphatic heterocycles. The van der Waals surface area contributed by atoms with Gasteiger partial charge in [-0.25, -0.2) is 0 Å². The van der Waals surface area contributed by atoms with Crippen LogP contribution in [-0.2, 0) is 0 Å². The molecule has 1 amide bonds. The first-order valence-electron chi connectivity index (χ1n) is 5.90. The van der Waals surface area contributed by atoms with Crippen LogP contribution in [0.3, 0.4) is 0 Å². The van der Waals surface area contributed by atoms with Gasteiger partial charge in [-0.1, -0.05) is 17.9 Å². The second-order valence-electron chi connectivity index (χ2n) is 4.20. The molecule has 0 saturated heterocycles. The van der Waals surface area contributed by atoms with E-state index < -0.39 is 21.5 Å². The number of nitrogens with one attached hydrogen (secondary N) is 1. The van der Waals surface area contributed by atoms with Crippen LogP contribution in [0, 0.1) is 20.2 Å². The normalized spacial score (nSPS) is 10.0. The summed E-state index contributed by atoms with van der Waals surface area (Å²) in [6, 6.07) is 7.80. The summed E-state index contributed by atoms with van der Waals surface area (Å²) in [5, 5.41) is 35.1. The lowest BCUT2D eigenvalue weighted by Crippen LogP contribution is -2.14. The molecule has 2 rings (SSSR count). The van der Waals surface area contributed by atoms with E-state index in [9.17, 15) is 30.1 Å². The summed E-state index contributed by atoms with van der Waals surface area (Å²) in [5.41, 5.74) is -0.950. The molecule has 0 radical (unpaired) electrons. The topological polar surface area (TPSA) is 138 Å². The average molecular weight is 302 g/mol. The fourth-order valence-corrected chi connectivity index (χ4v) is 1.68. The third kappa shape index (κ3) is 3.15. The number of nitro groups is 2. The molecule has 2 aromatic carbocycles. The number of non-ortho nitro benzene ring substituents is 2. The Hall–Kier alpha value is -3.49. The molecule has 0 saturated carbocycles. The van der Waals surface area contributed by atoms with Crippen LogP contribution in [0.2, 0.25) is 0 Å². The van der Waals surface area contributed by atoms with Gasteiger partial charge >= 0.3 is 0 Å². The first-order chi connectivity index (χ1) is 10.4. The predicted molar refractivity (Wildman–Crippen MR) is 73.6 cm³/mol. The van der Waals surface area contributed by atoms with E-state index >= 15 is 0 Å². The van der Waals surface area contributed by atoms with Crippen LogP contribution in [-0.4, -0.2) is 15.8 Å².